The van der Waals surface area contributed by atoms with Crippen molar-refractivity contribution in [1.82, 2.24) is 19.7 Å². The summed E-state index contributed by atoms with van der Waals surface area (Å²) in [6.07, 6.45) is 3.37. The molecule has 0 saturated carbocycles. The predicted molar refractivity (Wildman–Crippen MR) is 54.6 cm³/mol. The first kappa shape index (κ1) is 8.60. The zero-order valence-electron chi connectivity index (χ0n) is 7.62. The number of rotatable bonds is 1. The molecule has 0 saturated heterocycles. The lowest BCUT2D eigenvalue weighted by molar-refractivity contribution is 0.0923. The number of carbonyl (C=O) groups excluding carboxylic acids is 1. The van der Waals surface area contributed by atoms with Crippen molar-refractivity contribution in [3.8, 4) is 11.4 Å². The molecule has 6 heteroatoms. The average molecular weight is 218 g/mol. The van der Waals surface area contributed by atoms with Crippen LogP contribution in [0.3, 0.4) is 0 Å². The van der Waals surface area contributed by atoms with E-state index in [9.17, 15) is 4.79 Å². The second-order valence-corrected chi connectivity index (χ2v) is 4.00. The Morgan fingerprint density at radius 3 is 3.13 bits per heavy atom. The van der Waals surface area contributed by atoms with Gasteiger partial charge in [0.1, 0.15) is 0 Å². The monoisotopic (exact) mass is 218 g/mol. The van der Waals surface area contributed by atoms with E-state index in [0.717, 1.165) is 5.56 Å². The Morgan fingerprint density at radius 1 is 1.47 bits per heavy atom. The van der Waals surface area contributed by atoms with E-state index in [0.29, 0.717) is 16.7 Å². The number of hydrogen-bond acceptors (Lipinski definition) is 5. The van der Waals surface area contributed by atoms with Crippen LogP contribution in [0.1, 0.15) is 4.79 Å². The Bertz CT molecular complexity index is 522. The topological polar surface area (TPSA) is 60.7 Å². The molecule has 15 heavy (non-hydrogen) atoms. The van der Waals surface area contributed by atoms with Crippen LogP contribution in [0.2, 0.25) is 0 Å². The predicted octanol–water partition coefficient (Wildman–Crippen LogP) is 1.09. The van der Waals surface area contributed by atoms with Crippen molar-refractivity contribution in [3.63, 3.8) is 0 Å². The number of thioether (sulfide) groups is 1. The second kappa shape index (κ2) is 3.16. The molecule has 0 bridgehead atoms. The number of nitrogens with zero attached hydrogens (tertiary/aromatic N) is 4. The van der Waals surface area contributed by atoms with Crippen molar-refractivity contribution in [2.24, 2.45) is 0 Å². The van der Waals surface area contributed by atoms with E-state index in [4.69, 9.17) is 0 Å². The van der Waals surface area contributed by atoms with Gasteiger partial charge in [0, 0.05) is 18.0 Å². The first-order chi connectivity index (χ1) is 7.34. The summed E-state index contributed by atoms with van der Waals surface area (Å²) < 4.78 is 1.35. The van der Waals surface area contributed by atoms with E-state index in [1.165, 1.54) is 16.4 Å². The summed E-state index contributed by atoms with van der Waals surface area (Å²) in [4.78, 5) is 19.6. The molecule has 0 radical (unpaired) electrons. The van der Waals surface area contributed by atoms with Gasteiger partial charge in [-0.1, -0.05) is 11.8 Å². The Hall–Kier alpha value is -1.69. The fourth-order valence-corrected chi connectivity index (χ4v) is 2.15. The molecule has 1 aliphatic heterocycles. The van der Waals surface area contributed by atoms with Crippen molar-refractivity contribution < 1.29 is 4.79 Å². The van der Waals surface area contributed by atoms with Gasteiger partial charge in [0.05, 0.1) is 5.75 Å². The fraction of sp³-hybridized carbons (Fsp3) is 0.111. The number of aromatic nitrogens is 4. The number of hydrogen-bond donors (Lipinski definition) is 0. The molecule has 0 fully saturated rings. The van der Waals surface area contributed by atoms with Crippen molar-refractivity contribution in [3.05, 3.63) is 24.5 Å². The minimum Gasteiger partial charge on any atom is -0.271 e. The van der Waals surface area contributed by atoms with E-state index in [1.807, 2.05) is 12.1 Å². The molecule has 0 spiro atoms. The van der Waals surface area contributed by atoms with Gasteiger partial charge in [-0.05, 0) is 12.1 Å². The third-order valence-electron chi connectivity index (χ3n) is 2.06. The highest BCUT2D eigenvalue weighted by Crippen LogP contribution is 2.25. The van der Waals surface area contributed by atoms with Gasteiger partial charge >= 0.3 is 0 Å². The zero-order chi connectivity index (χ0) is 10.3. The van der Waals surface area contributed by atoms with Crippen LogP contribution < -0.4 is 0 Å². The Balaban J connectivity index is 2.09. The molecule has 0 aliphatic carbocycles. The maximum Gasteiger partial charge on any atom is 0.259 e. The minimum atomic E-state index is -0.0161. The first-order valence-electron chi connectivity index (χ1n) is 4.38. The molecule has 0 aromatic carbocycles. The van der Waals surface area contributed by atoms with E-state index < -0.39 is 0 Å². The van der Waals surface area contributed by atoms with Gasteiger partial charge in [-0.25, -0.2) is 4.98 Å². The SMILES string of the molecule is O=C1CSc2nc(-c3cccnc3)nn21. The summed E-state index contributed by atoms with van der Waals surface area (Å²) in [6.45, 7) is 0. The molecule has 0 N–H and O–H groups in total. The standard InChI is InChI=1S/C9H6N4OS/c14-7-5-15-9-11-8(12-13(7)9)6-2-1-3-10-4-6/h1-4H,5H2. The molecule has 74 valence electrons. The lowest BCUT2D eigenvalue weighted by Gasteiger charge is -1.92. The highest BCUT2D eigenvalue weighted by molar-refractivity contribution is 8.00. The van der Waals surface area contributed by atoms with Crippen molar-refractivity contribution in [2.75, 3.05) is 5.75 Å². The van der Waals surface area contributed by atoms with Crippen molar-refractivity contribution in [1.29, 1.82) is 0 Å². The molecule has 3 heterocycles. The molecular weight excluding hydrogens is 212 g/mol. The van der Waals surface area contributed by atoms with Crippen LogP contribution in [0.15, 0.2) is 29.7 Å². The number of fused-ring (bicyclic) bond motifs is 1. The van der Waals surface area contributed by atoms with Crippen LogP contribution in [-0.4, -0.2) is 31.4 Å². The Morgan fingerprint density at radius 2 is 2.40 bits per heavy atom. The van der Waals surface area contributed by atoms with Crippen LogP contribution in [0.25, 0.3) is 11.4 Å². The summed E-state index contributed by atoms with van der Waals surface area (Å²) >= 11 is 1.41. The molecule has 0 amide bonds. The highest BCUT2D eigenvalue weighted by Gasteiger charge is 2.24. The maximum atomic E-state index is 11.3. The minimum absolute atomic E-state index is 0.0161. The summed E-state index contributed by atoms with van der Waals surface area (Å²) in [6, 6.07) is 3.68. The number of carbonyl (C=O) groups is 1. The average Bonchev–Trinajstić information content (AvgIpc) is 2.83. The van der Waals surface area contributed by atoms with Gasteiger partial charge in [-0.2, -0.15) is 4.68 Å². The second-order valence-electron chi connectivity index (χ2n) is 3.05. The zero-order valence-corrected chi connectivity index (χ0v) is 8.44. The molecule has 0 atom stereocenters. The van der Waals surface area contributed by atoms with Gasteiger partial charge in [0.2, 0.25) is 0 Å². The third-order valence-corrected chi connectivity index (χ3v) is 2.97. The summed E-state index contributed by atoms with van der Waals surface area (Å²) in [5.74, 6) is 0.971. The van der Waals surface area contributed by atoms with Crippen LogP contribution in [-0.2, 0) is 0 Å². The van der Waals surface area contributed by atoms with Gasteiger partial charge < -0.3 is 0 Å². The largest absolute Gasteiger partial charge is 0.271 e. The van der Waals surface area contributed by atoms with E-state index in [2.05, 4.69) is 15.1 Å². The highest BCUT2D eigenvalue weighted by atomic mass is 32.2. The van der Waals surface area contributed by atoms with Gasteiger partial charge in [0.15, 0.2) is 11.0 Å². The molecule has 5 nitrogen and oxygen atoms in total. The summed E-state index contributed by atoms with van der Waals surface area (Å²) in [7, 11) is 0. The maximum absolute atomic E-state index is 11.3. The van der Waals surface area contributed by atoms with Gasteiger partial charge in [-0.15, -0.1) is 5.10 Å². The van der Waals surface area contributed by atoms with E-state index >= 15 is 0 Å². The lowest BCUT2D eigenvalue weighted by atomic mass is 10.3. The molecule has 0 unspecified atom stereocenters. The summed E-state index contributed by atoms with van der Waals surface area (Å²) in [5.41, 5.74) is 0.827. The number of pyridine rings is 1. The molecule has 1 aliphatic rings. The van der Waals surface area contributed by atoms with Crippen LogP contribution in [0, 0.1) is 0 Å². The normalized spacial score (nSPS) is 14.3. The molecule has 2 aromatic heterocycles. The molecule has 2 aromatic rings. The van der Waals surface area contributed by atoms with Crippen LogP contribution >= 0.6 is 11.8 Å². The van der Waals surface area contributed by atoms with E-state index in [-0.39, 0.29) is 5.91 Å². The van der Waals surface area contributed by atoms with Gasteiger partial charge in [0.25, 0.3) is 5.91 Å². The Labute approximate surface area is 89.5 Å². The first-order valence-corrected chi connectivity index (χ1v) is 5.36. The third kappa shape index (κ3) is 1.33. The Kier molecular flexibility index (Phi) is 1.81. The van der Waals surface area contributed by atoms with Crippen molar-refractivity contribution in [2.45, 2.75) is 5.16 Å². The van der Waals surface area contributed by atoms with Crippen LogP contribution in [0.4, 0.5) is 0 Å². The van der Waals surface area contributed by atoms with Crippen molar-refractivity contribution >= 4 is 17.7 Å². The molecule has 3 rings (SSSR count). The van der Waals surface area contributed by atoms with E-state index in [1.54, 1.807) is 12.4 Å². The van der Waals surface area contributed by atoms with Crippen LogP contribution in [0.5, 0.6) is 0 Å². The smallest absolute Gasteiger partial charge is 0.259 e. The quantitative estimate of drug-likeness (QED) is 0.717. The molecular formula is C9H6N4OS. The fourth-order valence-electron chi connectivity index (χ4n) is 1.36. The summed E-state index contributed by atoms with van der Waals surface area (Å²) in [5, 5.41) is 4.80. The van der Waals surface area contributed by atoms with Gasteiger partial charge in [-0.3, -0.25) is 9.78 Å². The lowest BCUT2D eigenvalue weighted by Crippen LogP contribution is -2.08.